The number of alkyl halides is 5. The smallest absolute Gasteiger partial charge is 0.445 e. The first-order chi connectivity index (χ1) is 8.93. The van der Waals surface area contributed by atoms with Gasteiger partial charge in [-0.15, -0.1) is 0 Å². The number of hydrogen-bond donors (Lipinski definition) is 1. The minimum atomic E-state index is -7.21. The molecule has 0 aliphatic carbocycles. The molecule has 122 valence electrons. The molecule has 0 radical (unpaired) electrons. The average Bonchev–Trinajstić information content (AvgIpc) is 2.77. The highest BCUT2D eigenvalue weighted by Gasteiger charge is 2.69. The number of rotatable bonds is 4. The summed E-state index contributed by atoms with van der Waals surface area (Å²) in [6.45, 7) is -0.619. The molecule has 0 saturated carbocycles. The zero-order valence-electron chi connectivity index (χ0n) is 11.1. The zero-order chi connectivity index (χ0) is 16.0. The fourth-order valence-electron chi connectivity index (χ4n) is 1.74. The van der Waals surface area contributed by atoms with Gasteiger partial charge in [0.05, 0.1) is 19.6 Å². The van der Waals surface area contributed by atoms with Crippen molar-refractivity contribution in [2.45, 2.75) is 44.6 Å². The number of halogens is 8. The normalized spacial score (nSPS) is 17.9. The summed E-state index contributed by atoms with van der Waals surface area (Å²) in [7, 11) is 0. The molecule has 0 aromatic carbocycles. The van der Waals surface area contributed by atoms with Gasteiger partial charge >= 0.3 is 19.0 Å². The van der Waals surface area contributed by atoms with Crippen LogP contribution in [0.4, 0.5) is 34.9 Å². The first kappa shape index (κ1) is 19.5. The Kier molecular flexibility index (Phi) is 7.27. The van der Waals surface area contributed by atoms with Gasteiger partial charge in [-0.25, -0.2) is 8.78 Å². The summed E-state index contributed by atoms with van der Waals surface area (Å²) in [5, 5.41) is 0. The van der Waals surface area contributed by atoms with Gasteiger partial charge in [-0.3, -0.25) is 0 Å². The van der Waals surface area contributed by atoms with Crippen molar-refractivity contribution in [2.75, 3.05) is 19.6 Å². The number of likely N-dealkylation sites (tertiary alicyclic amines) is 1. The van der Waals surface area contributed by atoms with E-state index in [0.29, 0.717) is 0 Å². The van der Waals surface area contributed by atoms with Gasteiger partial charge in [0.1, 0.15) is 0 Å². The highest BCUT2D eigenvalue weighted by Crippen LogP contribution is 2.43. The Hall–Kier alpha value is -0.535. The second-order valence-electron chi connectivity index (χ2n) is 4.76. The Morgan fingerprint density at radius 2 is 1.40 bits per heavy atom. The van der Waals surface area contributed by atoms with E-state index < -0.39 is 19.0 Å². The van der Waals surface area contributed by atoms with Crippen LogP contribution in [0.25, 0.3) is 0 Å². The standard InChI is InChI=1S/C8H17N.C2BF8/c1-2-3-6-9-7-4-5-8-9;4-1(5,2(6,7)8)3(9,10)11/h2-8H2,1H3;/q;-1/p+1. The van der Waals surface area contributed by atoms with E-state index in [1.54, 1.807) is 0 Å². The van der Waals surface area contributed by atoms with Crippen molar-refractivity contribution in [3.05, 3.63) is 0 Å². The molecule has 0 amide bonds. The van der Waals surface area contributed by atoms with Crippen LogP contribution in [0, 0.1) is 0 Å². The Bertz CT molecular complexity index is 253. The van der Waals surface area contributed by atoms with E-state index >= 15 is 0 Å². The first-order valence-electron chi connectivity index (χ1n) is 6.41. The van der Waals surface area contributed by atoms with Crippen molar-refractivity contribution in [2.24, 2.45) is 0 Å². The molecule has 1 nitrogen and oxygen atoms in total. The van der Waals surface area contributed by atoms with Crippen molar-refractivity contribution < 1.29 is 39.8 Å². The van der Waals surface area contributed by atoms with Crippen LogP contribution in [0.1, 0.15) is 32.6 Å². The van der Waals surface area contributed by atoms with E-state index in [9.17, 15) is 34.9 Å². The van der Waals surface area contributed by atoms with E-state index in [2.05, 4.69) is 6.92 Å². The third-order valence-electron chi connectivity index (χ3n) is 2.98. The largest absolute Gasteiger partial charge is 0.558 e. The molecule has 1 saturated heterocycles. The van der Waals surface area contributed by atoms with Gasteiger partial charge in [-0.1, -0.05) is 13.3 Å². The summed E-state index contributed by atoms with van der Waals surface area (Å²) >= 11 is 0. The molecular formula is C10H18BF8N. The van der Waals surface area contributed by atoms with E-state index in [1.807, 2.05) is 4.90 Å². The summed E-state index contributed by atoms with van der Waals surface area (Å²) in [4.78, 5) is 1.84. The maximum absolute atomic E-state index is 11.2. The minimum absolute atomic E-state index is 1.36. The van der Waals surface area contributed by atoms with Crippen LogP contribution in [-0.2, 0) is 0 Å². The number of hydrogen-bond acceptors (Lipinski definition) is 0. The van der Waals surface area contributed by atoms with Crippen LogP contribution in [-0.4, -0.2) is 38.6 Å². The fourth-order valence-corrected chi connectivity index (χ4v) is 1.74. The predicted molar refractivity (Wildman–Crippen MR) is 59.8 cm³/mol. The maximum atomic E-state index is 11.2. The molecule has 1 rings (SSSR count). The molecule has 1 heterocycles. The van der Waals surface area contributed by atoms with Crippen LogP contribution in [0.15, 0.2) is 0 Å². The molecule has 10 heteroatoms. The van der Waals surface area contributed by atoms with E-state index in [-0.39, 0.29) is 0 Å². The third-order valence-corrected chi connectivity index (χ3v) is 2.98. The van der Waals surface area contributed by atoms with Gasteiger partial charge in [-0.2, -0.15) is 13.2 Å². The third kappa shape index (κ3) is 5.84. The van der Waals surface area contributed by atoms with E-state index in [1.165, 1.54) is 45.3 Å². The SMILES string of the molecule is CCCC[NH+]1CCCC1.F[B-](F)(F)C(F)(F)C(F)(F)F. The van der Waals surface area contributed by atoms with Crippen LogP contribution in [0.2, 0.25) is 0 Å². The lowest BCUT2D eigenvalue weighted by Gasteiger charge is -2.28. The van der Waals surface area contributed by atoms with Gasteiger partial charge in [-0.05, 0) is 6.42 Å². The summed E-state index contributed by atoms with van der Waals surface area (Å²) in [6.07, 6.45) is -0.817. The highest BCUT2D eigenvalue weighted by molar-refractivity contribution is 6.61. The lowest BCUT2D eigenvalue weighted by atomic mass is 9.80. The van der Waals surface area contributed by atoms with Crippen molar-refractivity contribution in [3.8, 4) is 0 Å². The molecule has 1 N–H and O–H groups in total. The van der Waals surface area contributed by atoms with Crippen molar-refractivity contribution >= 4 is 6.98 Å². The summed E-state index contributed by atoms with van der Waals surface area (Å²) in [6, 6.07) is 0. The molecule has 0 aromatic heterocycles. The highest BCUT2D eigenvalue weighted by atomic mass is 19.4. The molecule has 0 spiro atoms. The monoisotopic (exact) mass is 315 g/mol. The molecular weight excluding hydrogens is 297 g/mol. The van der Waals surface area contributed by atoms with Crippen LogP contribution >= 0.6 is 0 Å². The topological polar surface area (TPSA) is 4.44 Å². The minimum Gasteiger partial charge on any atom is -0.445 e. The quantitative estimate of drug-likeness (QED) is 0.601. The second-order valence-corrected chi connectivity index (χ2v) is 4.76. The van der Waals surface area contributed by atoms with Crippen molar-refractivity contribution in [1.29, 1.82) is 0 Å². The molecule has 0 atom stereocenters. The summed E-state index contributed by atoms with van der Waals surface area (Å²) in [5.41, 5.74) is 0. The Morgan fingerprint density at radius 3 is 1.65 bits per heavy atom. The number of nitrogens with one attached hydrogen (secondary N) is 1. The summed E-state index contributed by atoms with van der Waals surface area (Å²) in [5.74, 6) is -6.56. The first-order valence-corrected chi connectivity index (χ1v) is 6.41. The molecule has 1 aliphatic rings. The molecule has 1 aliphatic heterocycles. The molecule has 0 bridgehead atoms. The van der Waals surface area contributed by atoms with Gasteiger partial charge in [0.25, 0.3) is 0 Å². The summed E-state index contributed by atoms with van der Waals surface area (Å²) < 4.78 is 87.8. The van der Waals surface area contributed by atoms with E-state index in [4.69, 9.17) is 0 Å². The molecule has 0 unspecified atom stereocenters. The van der Waals surface area contributed by atoms with E-state index in [0.717, 1.165) is 0 Å². The fraction of sp³-hybridized carbons (Fsp3) is 1.00. The Labute approximate surface area is 112 Å². The Balaban J connectivity index is 0.000000367. The molecule has 20 heavy (non-hydrogen) atoms. The molecule has 1 fully saturated rings. The zero-order valence-corrected chi connectivity index (χ0v) is 11.1. The lowest BCUT2D eigenvalue weighted by molar-refractivity contribution is -0.887. The average molecular weight is 315 g/mol. The van der Waals surface area contributed by atoms with Gasteiger partial charge < -0.3 is 17.8 Å². The van der Waals surface area contributed by atoms with Gasteiger partial charge in [0.15, 0.2) is 0 Å². The van der Waals surface area contributed by atoms with Crippen molar-refractivity contribution in [1.82, 2.24) is 0 Å². The maximum Gasteiger partial charge on any atom is 0.558 e. The molecule has 0 aromatic rings. The van der Waals surface area contributed by atoms with Crippen LogP contribution < -0.4 is 4.90 Å². The van der Waals surface area contributed by atoms with Crippen LogP contribution in [0.3, 0.4) is 0 Å². The van der Waals surface area contributed by atoms with Crippen molar-refractivity contribution in [3.63, 3.8) is 0 Å². The number of unbranched alkanes of at least 4 members (excludes halogenated alkanes) is 1. The Morgan fingerprint density at radius 1 is 0.950 bits per heavy atom. The van der Waals surface area contributed by atoms with Gasteiger partial charge in [0.2, 0.25) is 0 Å². The predicted octanol–water partition coefficient (Wildman–Crippen LogP) is 3.04. The van der Waals surface area contributed by atoms with Crippen LogP contribution in [0.5, 0.6) is 0 Å². The van der Waals surface area contributed by atoms with Gasteiger partial charge in [0, 0.05) is 12.8 Å². The second kappa shape index (κ2) is 7.47. The number of quaternary nitrogens is 1. The lowest BCUT2D eigenvalue weighted by Crippen LogP contribution is -3.09.